The summed E-state index contributed by atoms with van der Waals surface area (Å²) in [7, 11) is 0. The zero-order chi connectivity index (χ0) is 17.3. The van der Waals surface area contributed by atoms with E-state index in [0.29, 0.717) is 6.07 Å². The lowest BCUT2D eigenvalue weighted by Crippen LogP contribution is -2.17. The van der Waals surface area contributed by atoms with Gasteiger partial charge in [0.15, 0.2) is 0 Å². The Bertz CT molecular complexity index is 758. The predicted molar refractivity (Wildman–Crippen MR) is 68.3 cm³/mol. The van der Waals surface area contributed by atoms with E-state index in [1.807, 2.05) is 0 Å². The van der Waals surface area contributed by atoms with E-state index in [4.69, 9.17) is 5.26 Å². The Morgan fingerprint density at radius 2 is 1.57 bits per heavy atom. The maximum atomic E-state index is 12.8. The largest absolute Gasteiger partial charge is 0.573 e. The van der Waals surface area contributed by atoms with Gasteiger partial charge in [-0.2, -0.15) is 18.4 Å². The van der Waals surface area contributed by atoms with E-state index < -0.39 is 23.9 Å². The van der Waals surface area contributed by atoms with Gasteiger partial charge in [-0.15, -0.1) is 13.2 Å². The minimum Gasteiger partial charge on any atom is -0.406 e. The molecule has 0 aliphatic rings. The van der Waals surface area contributed by atoms with E-state index in [1.54, 1.807) is 6.07 Å². The molecule has 0 fully saturated rings. The first-order valence-corrected chi connectivity index (χ1v) is 6.07. The van der Waals surface area contributed by atoms with Crippen molar-refractivity contribution in [2.75, 3.05) is 0 Å². The molecule has 8 heteroatoms. The van der Waals surface area contributed by atoms with Gasteiger partial charge in [0.2, 0.25) is 0 Å². The Kier molecular flexibility index (Phi) is 4.23. The number of ether oxygens (including phenoxy) is 1. The van der Waals surface area contributed by atoms with Crippen molar-refractivity contribution in [2.45, 2.75) is 12.5 Å². The second-order valence-electron chi connectivity index (χ2n) is 4.48. The SMILES string of the molecule is N#Cc1cc(-c2cccc(OC(F)(F)F)c2)cc(C(F)(F)F)c1. The van der Waals surface area contributed by atoms with Crippen LogP contribution >= 0.6 is 0 Å². The molecule has 0 saturated carbocycles. The van der Waals surface area contributed by atoms with Crippen molar-refractivity contribution in [3.8, 4) is 22.9 Å². The van der Waals surface area contributed by atoms with E-state index in [0.717, 1.165) is 24.3 Å². The number of nitrogens with zero attached hydrogens (tertiary/aromatic N) is 1. The second kappa shape index (κ2) is 5.83. The van der Waals surface area contributed by atoms with Gasteiger partial charge in [-0.05, 0) is 41.5 Å². The fourth-order valence-electron chi connectivity index (χ4n) is 1.90. The highest BCUT2D eigenvalue weighted by atomic mass is 19.4. The zero-order valence-electron chi connectivity index (χ0n) is 11.2. The van der Waals surface area contributed by atoms with Crippen LogP contribution in [0.25, 0.3) is 11.1 Å². The summed E-state index contributed by atoms with van der Waals surface area (Å²) in [6, 6.07) is 8.67. The Balaban J connectivity index is 2.50. The summed E-state index contributed by atoms with van der Waals surface area (Å²) < 4.78 is 78.8. The summed E-state index contributed by atoms with van der Waals surface area (Å²) in [5.74, 6) is -0.564. The molecule has 0 radical (unpaired) electrons. The van der Waals surface area contributed by atoms with Crippen LogP contribution in [0.4, 0.5) is 26.3 Å². The summed E-state index contributed by atoms with van der Waals surface area (Å²) >= 11 is 0. The summed E-state index contributed by atoms with van der Waals surface area (Å²) in [4.78, 5) is 0. The number of rotatable bonds is 2. The van der Waals surface area contributed by atoms with Gasteiger partial charge in [-0.1, -0.05) is 12.1 Å². The maximum absolute atomic E-state index is 12.8. The van der Waals surface area contributed by atoms with Crippen LogP contribution in [0.3, 0.4) is 0 Å². The number of halogens is 6. The van der Waals surface area contributed by atoms with Gasteiger partial charge >= 0.3 is 12.5 Å². The molecule has 0 saturated heterocycles. The summed E-state index contributed by atoms with van der Waals surface area (Å²) in [6.07, 6.45) is -9.59. The van der Waals surface area contributed by atoms with Crippen molar-refractivity contribution < 1.29 is 31.1 Å². The highest BCUT2D eigenvalue weighted by Crippen LogP contribution is 2.34. The van der Waals surface area contributed by atoms with Crippen molar-refractivity contribution in [1.82, 2.24) is 0 Å². The molecule has 0 unspecified atom stereocenters. The average molecular weight is 331 g/mol. The number of alkyl halides is 6. The zero-order valence-corrected chi connectivity index (χ0v) is 11.2. The van der Waals surface area contributed by atoms with Crippen molar-refractivity contribution in [3.63, 3.8) is 0 Å². The fraction of sp³-hybridized carbons (Fsp3) is 0.133. The monoisotopic (exact) mass is 331 g/mol. The van der Waals surface area contributed by atoms with Crippen LogP contribution < -0.4 is 4.74 Å². The Hall–Kier alpha value is -2.69. The first kappa shape index (κ1) is 16.7. The fourth-order valence-corrected chi connectivity index (χ4v) is 1.90. The molecular weight excluding hydrogens is 324 g/mol. The topological polar surface area (TPSA) is 33.0 Å². The van der Waals surface area contributed by atoms with E-state index in [2.05, 4.69) is 4.74 Å². The van der Waals surface area contributed by atoms with Crippen molar-refractivity contribution in [2.24, 2.45) is 0 Å². The van der Waals surface area contributed by atoms with E-state index in [9.17, 15) is 26.3 Å². The molecule has 2 nitrogen and oxygen atoms in total. The molecule has 0 atom stereocenters. The average Bonchev–Trinajstić information content (AvgIpc) is 2.44. The number of hydrogen-bond donors (Lipinski definition) is 0. The van der Waals surface area contributed by atoms with E-state index >= 15 is 0 Å². The third-order valence-electron chi connectivity index (χ3n) is 2.79. The van der Waals surface area contributed by atoms with Crippen molar-refractivity contribution >= 4 is 0 Å². The van der Waals surface area contributed by atoms with Crippen LogP contribution in [0.1, 0.15) is 11.1 Å². The predicted octanol–water partition coefficient (Wildman–Crippen LogP) is 5.14. The number of nitriles is 1. The third-order valence-corrected chi connectivity index (χ3v) is 2.79. The first-order chi connectivity index (χ1) is 10.6. The molecule has 0 bridgehead atoms. The molecule has 2 aromatic carbocycles. The molecule has 0 aliphatic carbocycles. The van der Waals surface area contributed by atoms with Crippen LogP contribution in [0.15, 0.2) is 42.5 Å². The Labute approximate surface area is 126 Å². The summed E-state index contributed by atoms with van der Waals surface area (Å²) in [5.41, 5.74) is -1.29. The second-order valence-corrected chi connectivity index (χ2v) is 4.48. The molecule has 2 aromatic rings. The molecule has 0 spiro atoms. The molecule has 120 valence electrons. The highest BCUT2D eigenvalue weighted by Gasteiger charge is 2.32. The standard InChI is InChI=1S/C15H7F6NO/c16-14(17,18)12-5-9(8-22)4-11(6-12)10-2-1-3-13(7-10)23-15(19,20)21/h1-7H. The lowest BCUT2D eigenvalue weighted by Gasteiger charge is -2.12. The molecule has 0 N–H and O–H groups in total. The third kappa shape index (κ3) is 4.39. The summed E-state index contributed by atoms with van der Waals surface area (Å²) in [6.45, 7) is 0. The van der Waals surface area contributed by atoms with Gasteiger partial charge in [-0.3, -0.25) is 0 Å². The van der Waals surface area contributed by atoms with Crippen LogP contribution in [-0.4, -0.2) is 6.36 Å². The Morgan fingerprint density at radius 3 is 2.13 bits per heavy atom. The van der Waals surface area contributed by atoms with Gasteiger partial charge < -0.3 is 4.74 Å². The lowest BCUT2D eigenvalue weighted by molar-refractivity contribution is -0.274. The van der Waals surface area contributed by atoms with Crippen LogP contribution in [0.5, 0.6) is 5.75 Å². The van der Waals surface area contributed by atoms with Crippen LogP contribution in [0.2, 0.25) is 0 Å². The summed E-state index contributed by atoms with van der Waals surface area (Å²) in [5, 5.41) is 8.82. The minimum absolute atomic E-state index is 0.0380. The van der Waals surface area contributed by atoms with Crippen molar-refractivity contribution in [3.05, 3.63) is 53.6 Å². The first-order valence-electron chi connectivity index (χ1n) is 6.07. The molecular formula is C15H7F6NO. The van der Waals surface area contributed by atoms with Crippen molar-refractivity contribution in [1.29, 1.82) is 5.26 Å². The van der Waals surface area contributed by atoms with Crippen LogP contribution in [0, 0.1) is 11.3 Å². The smallest absolute Gasteiger partial charge is 0.406 e. The van der Waals surface area contributed by atoms with Gasteiger partial charge in [0, 0.05) is 0 Å². The normalized spacial score (nSPS) is 11.9. The van der Waals surface area contributed by atoms with Gasteiger partial charge in [0.1, 0.15) is 5.75 Å². The molecule has 2 rings (SSSR count). The number of benzene rings is 2. The molecule has 23 heavy (non-hydrogen) atoms. The highest BCUT2D eigenvalue weighted by molar-refractivity contribution is 5.68. The van der Waals surface area contributed by atoms with Gasteiger partial charge in [0.05, 0.1) is 17.2 Å². The van der Waals surface area contributed by atoms with E-state index in [-0.39, 0.29) is 16.7 Å². The Morgan fingerprint density at radius 1 is 0.870 bits per heavy atom. The quantitative estimate of drug-likeness (QED) is 0.714. The number of hydrogen-bond acceptors (Lipinski definition) is 2. The molecule has 0 aromatic heterocycles. The van der Waals surface area contributed by atoms with Gasteiger partial charge in [0.25, 0.3) is 0 Å². The molecule has 0 aliphatic heterocycles. The van der Waals surface area contributed by atoms with E-state index in [1.165, 1.54) is 12.1 Å². The molecule has 0 heterocycles. The maximum Gasteiger partial charge on any atom is 0.573 e. The van der Waals surface area contributed by atoms with Gasteiger partial charge in [-0.25, -0.2) is 0 Å². The molecule has 0 amide bonds. The lowest BCUT2D eigenvalue weighted by atomic mass is 9.99. The minimum atomic E-state index is -4.91. The van der Waals surface area contributed by atoms with Crippen LogP contribution in [-0.2, 0) is 6.18 Å².